The van der Waals surface area contributed by atoms with Gasteiger partial charge in [0.1, 0.15) is 0 Å². The van der Waals surface area contributed by atoms with Gasteiger partial charge in [-0.25, -0.2) is 4.68 Å². The van der Waals surface area contributed by atoms with Crippen LogP contribution in [0.5, 0.6) is 11.5 Å². The van der Waals surface area contributed by atoms with Crippen LogP contribution in [0.2, 0.25) is 0 Å². The molecule has 7 nitrogen and oxygen atoms in total. The summed E-state index contributed by atoms with van der Waals surface area (Å²) >= 11 is 0. The molecule has 0 spiro atoms. The van der Waals surface area contributed by atoms with E-state index in [4.69, 9.17) is 9.47 Å². The van der Waals surface area contributed by atoms with Gasteiger partial charge in [0.2, 0.25) is 0 Å². The maximum atomic E-state index is 5.36. The van der Waals surface area contributed by atoms with Crippen molar-refractivity contribution in [1.29, 1.82) is 0 Å². The summed E-state index contributed by atoms with van der Waals surface area (Å²) in [6.07, 6.45) is 5.49. The standard InChI is InChI=1S/C23H29N5O2/c1-24-23(26-15-12-19-7-10-21(29-2)22(17-19)30-3)25-14-11-18-5-8-20(9-6-18)28-16-4-13-27-28/h4-10,13,16-17H,11-12,14-15H2,1-3H3,(H2,24,25,26). The van der Waals surface area contributed by atoms with Crippen molar-refractivity contribution in [2.24, 2.45) is 4.99 Å². The lowest BCUT2D eigenvalue weighted by atomic mass is 10.1. The molecule has 0 fully saturated rings. The van der Waals surface area contributed by atoms with E-state index in [0.717, 1.165) is 49.1 Å². The second-order valence-corrected chi connectivity index (χ2v) is 6.73. The Morgan fingerprint density at radius 2 is 1.60 bits per heavy atom. The van der Waals surface area contributed by atoms with Crippen LogP contribution in [0.15, 0.2) is 65.9 Å². The fourth-order valence-corrected chi connectivity index (χ4v) is 3.14. The molecule has 158 valence electrons. The number of hydrogen-bond acceptors (Lipinski definition) is 4. The summed E-state index contributed by atoms with van der Waals surface area (Å²) in [5.41, 5.74) is 3.50. The third-order valence-corrected chi connectivity index (χ3v) is 4.79. The Morgan fingerprint density at radius 1 is 0.933 bits per heavy atom. The van der Waals surface area contributed by atoms with Crippen molar-refractivity contribution < 1.29 is 9.47 Å². The normalized spacial score (nSPS) is 11.2. The number of rotatable bonds is 9. The predicted molar refractivity (Wildman–Crippen MR) is 120 cm³/mol. The maximum Gasteiger partial charge on any atom is 0.190 e. The van der Waals surface area contributed by atoms with Crippen LogP contribution in [0.25, 0.3) is 5.69 Å². The van der Waals surface area contributed by atoms with Crippen LogP contribution in [0, 0.1) is 0 Å². The smallest absolute Gasteiger partial charge is 0.190 e. The average Bonchev–Trinajstić information content (AvgIpc) is 3.33. The number of nitrogens with zero attached hydrogens (tertiary/aromatic N) is 3. The minimum absolute atomic E-state index is 0.740. The van der Waals surface area contributed by atoms with Gasteiger partial charge in [0.05, 0.1) is 19.9 Å². The van der Waals surface area contributed by atoms with E-state index >= 15 is 0 Å². The lowest BCUT2D eigenvalue weighted by molar-refractivity contribution is 0.354. The molecule has 3 rings (SSSR count). The van der Waals surface area contributed by atoms with Crippen molar-refractivity contribution in [1.82, 2.24) is 20.4 Å². The highest BCUT2D eigenvalue weighted by molar-refractivity contribution is 5.79. The van der Waals surface area contributed by atoms with E-state index in [-0.39, 0.29) is 0 Å². The van der Waals surface area contributed by atoms with E-state index in [2.05, 4.69) is 45.0 Å². The van der Waals surface area contributed by atoms with Gasteiger partial charge in [0, 0.05) is 32.5 Å². The molecule has 2 aromatic carbocycles. The van der Waals surface area contributed by atoms with Crippen molar-refractivity contribution in [3.63, 3.8) is 0 Å². The Balaban J connectivity index is 1.42. The van der Waals surface area contributed by atoms with Crippen LogP contribution in [-0.4, -0.2) is 50.1 Å². The molecule has 1 aromatic heterocycles. The first kappa shape index (κ1) is 21.2. The van der Waals surface area contributed by atoms with Gasteiger partial charge >= 0.3 is 0 Å². The van der Waals surface area contributed by atoms with Crippen LogP contribution in [-0.2, 0) is 12.8 Å². The fraction of sp³-hybridized carbons (Fsp3) is 0.304. The summed E-state index contributed by atoms with van der Waals surface area (Å²) in [5, 5.41) is 11.0. The second-order valence-electron chi connectivity index (χ2n) is 6.73. The fourth-order valence-electron chi connectivity index (χ4n) is 3.14. The van der Waals surface area contributed by atoms with E-state index in [1.807, 2.05) is 35.1 Å². The number of hydrogen-bond donors (Lipinski definition) is 2. The van der Waals surface area contributed by atoms with Gasteiger partial charge < -0.3 is 20.1 Å². The second kappa shape index (κ2) is 10.9. The van der Waals surface area contributed by atoms with E-state index in [1.54, 1.807) is 27.5 Å². The van der Waals surface area contributed by atoms with Gasteiger partial charge in [-0.3, -0.25) is 4.99 Å². The van der Waals surface area contributed by atoms with Crippen molar-refractivity contribution in [3.8, 4) is 17.2 Å². The third-order valence-electron chi connectivity index (χ3n) is 4.79. The summed E-state index contributed by atoms with van der Waals surface area (Å²) in [4.78, 5) is 4.30. The first-order valence-corrected chi connectivity index (χ1v) is 9.98. The zero-order chi connectivity index (χ0) is 21.2. The quantitative estimate of drug-likeness (QED) is 0.422. The summed E-state index contributed by atoms with van der Waals surface area (Å²) in [7, 11) is 5.07. The largest absolute Gasteiger partial charge is 0.493 e. The summed E-state index contributed by atoms with van der Waals surface area (Å²) in [6.45, 7) is 1.57. The zero-order valence-electron chi connectivity index (χ0n) is 17.8. The van der Waals surface area contributed by atoms with Gasteiger partial charge in [-0.2, -0.15) is 5.10 Å². The monoisotopic (exact) mass is 407 g/mol. The molecular formula is C23H29N5O2. The highest BCUT2D eigenvalue weighted by atomic mass is 16.5. The number of nitrogens with one attached hydrogen (secondary N) is 2. The molecule has 30 heavy (non-hydrogen) atoms. The van der Waals surface area contributed by atoms with E-state index < -0.39 is 0 Å². The SMILES string of the molecule is CN=C(NCCc1ccc(-n2cccn2)cc1)NCCc1ccc(OC)c(OC)c1. The number of methoxy groups -OCH3 is 2. The molecule has 0 atom stereocenters. The number of aromatic nitrogens is 2. The maximum absolute atomic E-state index is 5.36. The van der Waals surface area contributed by atoms with Crippen molar-refractivity contribution >= 4 is 5.96 Å². The molecule has 0 aliphatic carbocycles. The molecule has 3 aromatic rings. The molecule has 0 bridgehead atoms. The molecular weight excluding hydrogens is 378 g/mol. The van der Waals surface area contributed by atoms with Crippen molar-refractivity contribution in [2.45, 2.75) is 12.8 Å². The molecule has 0 aliphatic heterocycles. The van der Waals surface area contributed by atoms with Gasteiger partial charge in [0.25, 0.3) is 0 Å². The minimum atomic E-state index is 0.740. The highest BCUT2D eigenvalue weighted by Crippen LogP contribution is 2.27. The number of aliphatic imine (C=N–C) groups is 1. The minimum Gasteiger partial charge on any atom is -0.493 e. The van der Waals surface area contributed by atoms with Gasteiger partial charge in [-0.15, -0.1) is 0 Å². The zero-order valence-corrected chi connectivity index (χ0v) is 17.8. The van der Waals surface area contributed by atoms with Gasteiger partial charge in [0.15, 0.2) is 17.5 Å². The Morgan fingerprint density at radius 3 is 2.20 bits per heavy atom. The Bertz CT molecular complexity index is 937. The number of benzene rings is 2. The number of guanidine groups is 1. The third kappa shape index (κ3) is 5.76. The lowest BCUT2D eigenvalue weighted by Crippen LogP contribution is -2.39. The molecule has 0 aliphatic rings. The molecule has 7 heteroatoms. The van der Waals surface area contributed by atoms with Crippen LogP contribution in [0.4, 0.5) is 0 Å². The lowest BCUT2D eigenvalue weighted by Gasteiger charge is -2.13. The topological polar surface area (TPSA) is 72.7 Å². The summed E-state index contributed by atoms with van der Waals surface area (Å²) < 4.78 is 12.5. The first-order valence-electron chi connectivity index (χ1n) is 9.98. The summed E-state index contributed by atoms with van der Waals surface area (Å²) in [6, 6.07) is 16.3. The van der Waals surface area contributed by atoms with Crippen molar-refractivity contribution in [2.75, 3.05) is 34.4 Å². The molecule has 0 saturated carbocycles. The van der Waals surface area contributed by atoms with Gasteiger partial charge in [-0.1, -0.05) is 18.2 Å². The highest BCUT2D eigenvalue weighted by Gasteiger charge is 2.05. The van der Waals surface area contributed by atoms with E-state index in [9.17, 15) is 0 Å². The van der Waals surface area contributed by atoms with E-state index in [0.29, 0.717) is 0 Å². The molecule has 0 amide bonds. The van der Waals surface area contributed by atoms with Crippen LogP contribution >= 0.6 is 0 Å². The molecule has 2 N–H and O–H groups in total. The summed E-state index contributed by atoms with van der Waals surface area (Å²) in [5.74, 6) is 2.28. The van der Waals surface area contributed by atoms with Crippen molar-refractivity contribution in [3.05, 3.63) is 72.1 Å². The number of ether oxygens (including phenoxy) is 2. The molecule has 0 unspecified atom stereocenters. The molecule has 0 radical (unpaired) electrons. The van der Waals surface area contributed by atoms with Crippen LogP contribution in [0.3, 0.4) is 0 Å². The molecule has 1 heterocycles. The van der Waals surface area contributed by atoms with Crippen LogP contribution < -0.4 is 20.1 Å². The van der Waals surface area contributed by atoms with Gasteiger partial charge in [-0.05, 0) is 54.3 Å². The Hall–Kier alpha value is -3.48. The first-order chi connectivity index (χ1) is 14.7. The molecule has 0 saturated heterocycles. The van der Waals surface area contributed by atoms with Crippen LogP contribution in [0.1, 0.15) is 11.1 Å². The average molecular weight is 408 g/mol. The Labute approximate surface area is 177 Å². The predicted octanol–water partition coefficient (Wildman–Crippen LogP) is 2.84. The van der Waals surface area contributed by atoms with E-state index in [1.165, 1.54) is 11.1 Å². The Kier molecular flexibility index (Phi) is 7.71.